The zero-order valence-corrected chi connectivity index (χ0v) is 10.8. The molecule has 0 heterocycles. The predicted octanol–water partition coefficient (Wildman–Crippen LogP) is 1.96. The highest BCUT2D eigenvalue weighted by atomic mass is 16.5. The van der Waals surface area contributed by atoms with Crippen LogP contribution < -0.4 is 5.32 Å². The van der Waals surface area contributed by atoms with Crippen molar-refractivity contribution in [3.05, 3.63) is 35.4 Å². The second kappa shape index (κ2) is 7.46. The number of benzene rings is 1. The molecule has 0 atom stereocenters. The molecule has 1 amide bonds. The molecule has 96 valence electrons. The maximum absolute atomic E-state index is 11.7. The highest BCUT2D eigenvalue weighted by Gasteiger charge is 2.04. The van der Waals surface area contributed by atoms with E-state index < -0.39 is 0 Å². The summed E-state index contributed by atoms with van der Waals surface area (Å²) in [7, 11) is 0. The molecule has 0 fully saturated rings. The van der Waals surface area contributed by atoms with Crippen molar-refractivity contribution in [2.75, 3.05) is 19.8 Å². The Labute approximate surface area is 108 Å². The third-order valence-electron chi connectivity index (χ3n) is 2.26. The first-order chi connectivity index (χ1) is 8.63. The molecule has 18 heavy (non-hydrogen) atoms. The Kier molecular flexibility index (Phi) is 5.89. The molecular weight excluding hydrogens is 228 g/mol. The predicted molar refractivity (Wildman–Crippen MR) is 69.1 cm³/mol. The van der Waals surface area contributed by atoms with E-state index in [9.17, 15) is 4.79 Å². The molecule has 0 saturated heterocycles. The fourth-order valence-electron chi connectivity index (χ4n) is 1.35. The third-order valence-corrected chi connectivity index (χ3v) is 2.26. The Balaban J connectivity index is 2.30. The summed E-state index contributed by atoms with van der Waals surface area (Å²) in [4.78, 5) is 11.7. The average molecular weight is 246 g/mol. The number of carbonyl (C=O) groups is 1. The van der Waals surface area contributed by atoms with Crippen LogP contribution in [-0.2, 0) is 4.74 Å². The minimum atomic E-state index is -0.146. The van der Waals surface area contributed by atoms with Crippen LogP contribution >= 0.6 is 0 Å². The molecule has 0 radical (unpaired) electrons. The number of rotatable bonds is 6. The number of hydrogen-bond acceptors (Lipinski definition) is 3. The van der Waals surface area contributed by atoms with E-state index in [1.165, 1.54) is 0 Å². The van der Waals surface area contributed by atoms with Crippen molar-refractivity contribution in [3.63, 3.8) is 0 Å². The standard InChI is InChI=1S/C14H18N2O2/c1-11(2)10-18-8-7-16-14(17)13-5-3-12(9-15)4-6-13/h3-6,11H,7-8,10H2,1-2H3,(H,16,17). The highest BCUT2D eigenvalue weighted by Crippen LogP contribution is 2.02. The van der Waals surface area contributed by atoms with E-state index in [1.54, 1.807) is 24.3 Å². The lowest BCUT2D eigenvalue weighted by molar-refractivity contribution is 0.0886. The summed E-state index contributed by atoms with van der Waals surface area (Å²) in [5.41, 5.74) is 1.10. The molecule has 0 aliphatic heterocycles. The molecule has 1 aromatic rings. The number of nitrogens with zero attached hydrogens (tertiary/aromatic N) is 1. The van der Waals surface area contributed by atoms with Gasteiger partial charge in [0.05, 0.1) is 18.2 Å². The van der Waals surface area contributed by atoms with Crippen LogP contribution in [0.1, 0.15) is 29.8 Å². The Morgan fingerprint density at radius 1 is 1.39 bits per heavy atom. The molecule has 1 aromatic carbocycles. The Hall–Kier alpha value is -1.86. The SMILES string of the molecule is CC(C)COCCNC(=O)c1ccc(C#N)cc1. The van der Waals surface area contributed by atoms with Crippen LogP contribution in [0.5, 0.6) is 0 Å². The maximum atomic E-state index is 11.7. The lowest BCUT2D eigenvalue weighted by Gasteiger charge is -2.08. The van der Waals surface area contributed by atoms with Gasteiger partial charge in [0.15, 0.2) is 0 Å². The van der Waals surface area contributed by atoms with Gasteiger partial charge in [0, 0.05) is 18.7 Å². The zero-order chi connectivity index (χ0) is 13.4. The smallest absolute Gasteiger partial charge is 0.251 e. The van der Waals surface area contributed by atoms with Crippen molar-refractivity contribution in [1.29, 1.82) is 5.26 Å². The van der Waals surface area contributed by atoms with E-state index in [0.717, 1.165) is 0 Å². The van der Waals surface area contributed by atoms with Gasteiger partial charge in [-0.15, -0.1) is 0 Å². The van der Waals surface area contributed by atoms with Crippen LogP contribution in [0.25, 0.3) is 0 Å². The summed E-state index contributed by atoms with van der Waals surface area (Å²) >= 11 is 0. The number of nitrogens with one attached hydrogen (secondary N) is 1. The van der Waals surface area contributed by atoms with Crippen molar-refractivity contribution in [2.24, 2.45) is 5.92 Å². The van der Waals surface area contributed by atoms with Gasteiger partial charge in [-0.3, -0.25) is 4.79 Å². The molecule has 1 rings (SSSR count). The normalized spacial score (nSPS) is 10.1. The van der Waals surface area contributed by atoms with Crippen molar-refractivity contribution in [2.45, 2.75) is 13.8 Å². The summed E-state index contributed by atoms with van der Waals surface area (Å²) in [6.07, 6.45) is 0. The summed E-state index contributed by atoms with van der Waals surface area (Å²) in [5, 5.41) is 11.4. The van der Waals surface area contributed by atoms with Gasteiger partial charge in [0.1, 0.15) is 0 Å². The van der Waals surface area contributed by atoms with Crippen molar-refractivity contribution < 1.29 is 9.53 Å². The Morgan fingerprint density at radius 3 is 2.61 bits per heavy atom. The average Bonchev–Trinajstić information content (AvgIpc) is 2.38. The number of ether oxygens (including phenoxy) is 1. The van der Waals surface area contributed by atoms with E-state index >= 15 is 0 Å². The van der Waals surface area contributed by atoms with E-state index in [0.29, 0.717) is 36.8 Å². The molecule has 0 aliphatic carbocycles. The van der Waals surface area contributed by atoms with E-state index in [-0.39, 0.29) is 5.91 Å². The van der Waals surface area contributed by atoms with Crippen LogP contribution in [0, 0.1) is 17.2 Å². The summed E-state index contributed by atoms with van der Waals surface area (Å²) in [5.74, 6) is 0.354. The fraction of sp³-hybridized carbons (Fsp3) is 0.429. The maximum Gasteiger partial charge on any atom is 0.251 e. The molecule has 0 aromatic heterocycles. The van der Waals surface area contributed by atoms with E-state index in [1.807, 2.05) is 6.07 Å². The first-order valence-corrected chi connectivity index (χ1v) is 5.99. The fourth-order valence-corrected chi connectivity index (χ4v) is 1.35. The van der Waals surface area contributed by atoms with E-state index in [4.69, 9.17) is 10.00 Å². The van der Waals surface area contributed by atoms with Crippen LogP contribution in [0.2, 0.25) is 0 Å². The van der Waals surface area contributed by atoms with Crippen molar-refractivity contribution in [3.8, 4) is 6.07 Å². The molecular formula is C14H18N2O2. The molecule has 0 unspecified atom stereocenters. The quantitative estimate of drug-likeness (QED) is 0.780. The molecule has 4 nitrogen and oxygen atoms in total. The third kappa shape index (κ3) is 4.98. The van der Waals surface area contributed by atoms with Gasteiger partial charge < -0.3 is 10.1 Å². The monoisotopic (exact) mass is 246 g/mol. The number of nitriles is 1. The molecule has 1 N–H and O–H groups in total. The largest absolute Gasteiger partial charge is 0.379 e. The summed E-state index contributed by atoms with van der Waals surface area (Å²) in [6.45, 7) is 5.86. The Bertz CT molecular complexity index is 418. The number of hydrogen-bond donors (Lipinski definition) is 1. The van der Waals surface area contributed by atoms with Gasteiger partial charge >= 0.3 is 0 Å². The van der Waals surface area contributed by atoms with Crippen LogP contribution in [-0.4, -0.2) is 25.7 Å². The molecule has 0 bridgehead atoms. The first-order valence-electron chi connectivity index (χ1n) is 5.99. The second-order valence-corrected chi connectivity index (χ2v) is 4.41. The van der Waals surface area contributed by atoms with Gasteiger partial charge in [0.25, 0.3) is 5.91 Å². The number of amides is 1. The topological polar surface area (TPSA) is 62.1 Å². The molecule has 0 saturated carbocycles. The molecule has 4 heteroatoms. The number of carbonyl (C=O) groups excluding carboxylic acids is 1. The van der Waals surface area contributed by atoms with Gasteiger partial charge in [-0.2, -0.15) is 5.26 Å². The Morgan fingerprint density at radius 2 is 2.06 bits per heavy atom. The van der Waals surface area contributed by atoms with E-state index in [2.05, 4.69) is 19.2 Å². The second-order valence-electron chi connectivity index (χ2n) is 4.41. The van der Waals surface area contributed by atoms with Crippen LogP contribution in [0.3, 0.4) is 0 Å². The van der Waals surface area contributed by atoms with Crippen molar-refractivity contribution >= 4 is 5.91 Å². The minimum Gasteiger partial charge on any atom is -0.379 e. The van der Waals surface area contributed by atoms with Crippen LogP contribution in [0.4, 0.5) is 0 Å². The van der Waals surface area contributed by atoms with Gasteiger partial charge in [-0.25, -0.2) is 0 Å². The highest BCUT2D eigenvalue weighted by molar-refractivity contribution is 5.94. The zero-order valence-electron chi connectivity index (χ0n) is 10.8. The minimum absolute atomic E-state index is 0.146. The lowest BCUT2D eigenvalue weighted by Crippen LogP contribution is -2.27. The summed E-state index contributed by atoms with van der Waals surface area (Å²) in [6, 6.07) is 8.55. The lowest BCUT2D eigenvalue weighted by atomic mass is 10.1. The van der Waals surface area contributed by atoms with Gasteiger partial charge in [-0.05, 0) is 30.2 Å². The molecule has 0 aliphatic rings. The first kappa shape index (κ1) is 14.2. The van der Waals surface area contributed by atoms with Crippen molar-refractivity contribution in [1.82, 2.24) is 5.32 Å². The van der Waals surface area contributed by atoms with Gasteiger partial charge in [0.2, 0.25) is 0 Å². The summed E-state index contributed by atoms with van der Waals surface area (Å²) < 4.78 is 5.36. The van der Waals surface area contributed by atoms with Crippen LogP contribution in [0.15, 0.2) is 24.3 Å². The van der Waals surface area contributed by atoms with Gasteiger partial charge in [-0.1, -0.05) is 13.8 Å². The molecule has 0 spiro atoms.